The van der Waals surface area contributed by atoms with Gasteiger partial charge in [-0.1, -0.05) is 60.7 Å². The fourth-order valence-electron chi connectivity index (χ4n) is 5.44. The number of hydrogen-bond donors (Lipinski definition) is 0. The maximum Gasteiger partial charge on any atom is 0.295 e. The Bertz CT molecular complexity index is 1340. The van der Waals surface area contributed by atoms with Gasteiger partial charge < -0.3 is 9.80 Å². The van der Waals surface area contributed by atoms with E-state index in [1.165, 1.54) is 4.90 Å². The van der Waals surface area contributed by atoms with Crippen molar-refractivity contribution in [3.63, 3.8) is 0 Å². The second kappa shape index (κ2) is 9.62. The third kappa shape index (κ3) is 5.05. The van der Waals surface area contributed by atoms with Crippen LogP contribution >= 0.6 is 0 Å². The van der Waals surface area contributed by atoms with Crippen LogP contribution in [0, 0.1) is 15.9 Å². The first-order valence-corrected chi connectivity index (χ1v) is 12.3. The average molecular weight is 546 g/mol. The fourth-order valence-corrected chi connectivity index (χ4v) is 5.44. The largest absolute Gasteiger partial charge is 0.355 e. The summed E-state index contributed by atoms with van der Waals surface area (Å²) in [5.41, 5.74) is -2.22. The van der Waals surface area contributed by atoms with Crippen LogP contribution in [-0.4, -0.2) is 40.7 Å². The van der Waals surface area contributed by atoms with Gasteiger partial charge in [0.2, 0.25) is 5.91 Å². The van der Waals surface area contributed by atoms with Gasteiger partial charge in [-0.05, 0) is 17.2 Å². The van der Waals surface area contributed by atoms with Crippen LogP contribution in [0.4, 0.5) is 33.3 Å². The SMILES string of the molecule is O=C(N1CC(F)(F)C1)C1(c2ccc([N+](=O)[O-])c(N(Cc3ccccc3)Cc3ccccc3)c2F)CC(F)(F)C1. The van der Waals surface area contributed by atoms with Gasteiger partial charge >= 0.3 is 0 Å². The maximum absolute atomic E-state index is 16.5. The number of carbonyl (C=O) groups is 1. The van der Waals surface area contributed by atoms with Gasteiger partial charge in [0.15, 0.2) is 11.5 Å². The van der Waals surface area contributed by atoms with Crippen LogP contribution in [0.15, 0.2) is 72.8 Å². The van der Waals surface area contributed by atoms with Crippen molar-refractivity contribution in [1.82, 2.24) is 4.90 Å². The molecule has 0 unspecified atom stereocenters. The second-order valence-electron chi connectivity index (χ2n) is 10.2. The number of carbonyl (C=O) groups excluding carboxylic acids is 1. The summed E-state index contributed by atoms with van der Waals surface area (Å²) in [5, 5.41) is 12.0. The monoisotopic (exact) mass is 545 g/mol. The predicted molar refractivity (Wildman–Crippen MR) is 133 cm³/mol. The molecular formula is C28H24F5N3O3. The van der Waals surface area contributed by atoms with Gasteiger partial charge in [0, 0.05) is 37.6 Å². The van der Waals surface area contributed by atoms with E-state index in [2.05, 4.69) is 0 Å². The molecule has 1 saturated heterocycles. The van der Waals surface area contributed by atoms with Gasteiger partial charge in [0.05, 0.1) is 23.4 Å². The molecule has 0 N–H and O–H groups in total. The first kappa shape index (κ1) is 26.6. The second-order valence-corrected chi connectivity index (χ2v) is 10.2. The van der Waals surface area contributed by atoms with Crippen LogP contribution in [0.2, 0.25) is 0 Å². The van der Waals surface area contributed by atoms with Crippen LogP contribution in [0.5, 0.6) is 0 Å². The van der Waals surface area contributed by atoms with Crippen LogP contribution < -0.4 is 4.90 Å². The lowest BCUT2D eigenvalue weighted by atomic mass is 9.60. The number of nitro benzene ring substituents is 1. The molecule has 11 heteroatoms. The Morgan fingerprint density at radius 3 is 1.79 bits per heavy atom. The van der Waals surface area contributed by atoms with Crippen molar-refractivity contribution in [2.24, 2.45) is 0 Å². The van der Waals surface area contributed by atoms with E-state index >= 15 is 4.39 Å². The Hall–Kier alpha value is -4.02. The zero-order valence-electron chi connectivity index (χ0n) is 20.6. The molecule has 0 radical (unpaired) electrons. The molecule has 1 aliphatic carbocycles. The van der Waals surface area contributed by atoms with E-state index in [-0.39, 0.29) is 13.1 Å². The Morgan fingerprint density at radius 2 is 1.36 bits per heavy atom. The molecule has 0 atom stereocenters. The molecule has 0 aromatic heterocycles. The number of benzene rings is 3. The van der Waals surface area contributed by atoms with E-state index in [4.69, 9.17) is 0 Å². The molecule has 204 valence electrons. The summed E-state index contributed by atoms with van der Waals surface area (Å²) in [5.74, 6) is -8.68. The number of anilines is 1. The lowest BCUT2D eigenvalue weighted by molar-refractivity contribution is -0.384. The third-order valence-electron chi connectivity index (χ3n) is 7.22. The number of hydrogen-bond acceptors (Lipinski definition) is 4. The van der Waals surface area contributed by atoms with Crippen molar-refractivity contribution in [2.75, 3.05) is 18.0 Å². The molecular weight excluding hydrogens is 521 g/mol. The maximum atomic E-state index is 16.5. The number of halogens is 5. The van der Waals surface area contributed by atoms with Gasteiger partial charge in [-0.25, -0.2) is 22.0 Å². The molecule has 0 spiro atoms. The standard InChI is InChI=1S/C28H24F5N3O3/c29-23-21(26(15-27(30,31)16-26)25(37)35-17-28(32,33)18-35)11-12-22(36(38)39)24(23)34(13-19-7-3-1-4-8-19)14-20-9-5-2-6-10-20/h1-12H,13-18H2. The lowest BCUT2D eigenvalue weighted by Gasteiger charge is -2.51. The number of amides is 1. The minimum Gasteiger partial charge on any atom is -0.355 e. The molecule has 1 heterocycles. The minimum atomic E-state index is -3.31. The van der Waals surface area contributed by atoms with Gasteiger partial charge in [-0.3, -0.25) is 14.9 Å². The highest BCUT2D eigenvalue weighted by Crippen LogP contribution is 2.57. The molecule has 2 aliphatic rings. The topological polar surface area (TPSA) is 66.7 Å². The van der Waals surface area contributed by atoms with Crippen molar-refractivity contribution in [3.05, 3.63) is 105 Å². The van der Waals surface area contributed by atoms with E-state index in [1.54, 1.807) is 60.7 Å². The first-order valence-electron chi connectivity index (χ1n) is 12.3. The van der Waals surface area contributed by atoms with E-state index in [1.807, 2.05) is 0 Å². The zero-order chi connectivity index (χ0) is 28.0. The molecule has 3 aromatic carbocycles. The number of nitro groups is 1. The van der Waals surface area contributed by atoms with E-state index < -0.39 is 76.8 Å². The van der Waals surface area contributed by atoms with Crippen molar-refractivity contribution in [3.8, 4) is 0 Å². The number of likely N-dealkylation sites (tertiary alicyclic amines) is 1. The number of alkyl halides is 4. The highest BCUT2D eigenvalue weighted by molar-refractivity contribution is 5.91. The van der Waals surface area contributed by atoms with Crippen molar-refractivity contribution >= 4 is 17.3 Å². The molecule has 2 fully saturated rings. The fraction of sp³-hybridized carbons (Fsp3) is 0.321. The van der Waals surface area contributed by atoms with Crippen molar-refractivity contribution in [1.29, 1.82) is 0 Å². The molecule has 5 rings (SSSR count). The molecule has 6 nitrogen and oxygen atoms in total. The summed E-state index contributed by atoms with van der Waals surface area (Å²) < 4.78 is 72.0. The average Bonchev–Trinajstić information content (AvgIpc) is 2.85. The smallest absolute Gasteiger partial charge is 0.295 e. The highest BCUT2D eigenvalue weighted by atomic mass is 19.3. The van der Waals surface area contributed by atoms with Crippen LogP contribution in [0.3, 0.4) is 0 Å². The van der Waals surface area contributed by atoms with Crippen molar-refractivity contribution in [2.45, 2.75) is 43.2 Å². The summed E-state index contributed by atoms with van der Waals surface area (Å²) in [6.45, 7) is -1.83. The van der Waals surface area contributed by atoms with Gasteiger partial charge in [-0.15, -0.1) is 0 Å². The molecule has 3 aromatic rings. The van der Waals surface area contributed by atoms with Crippen LogP contribution in [0.1, 0.15) is 29.5 Å². The van der Waals surface area contributed by atoms with Gasteiger partial charge in [0.25, 0.3) is 17.5 Å². The highest BCUT2D eigenvalue weighted by Gasteiger charge is 2.65. The van der Waals surface area contributed by atoms with Gasteiger partial charge in [-0.2, -0.15) is 0 Å². The summed E-state index contributed by atoms with van der Waals surface area (Å²) in [6.07, 6.45) is -2.15. The van der Waals surface area contributed by atoms with E-state index in [0.717, 1.165) is 17.0 Å². The Kier molecular flexibility index (Phi) is 6.56. The minimum absolute atomic E-state index is 0.0341. The van der Waals surface area contributed by atoms with Gasteiger partial charge in [0.1, 0.15) is 0 Å². The zero-order valence-corrected chi connectivity index (χ0v) is 20.6. The lowest BCUT2D eigenvalue weighted by Crippen LogP contribution is -2.67. The number of rotatable bonds is 8. The Balaban J connectivity index is 1.63. The molecule has 0 bridgehead atoms. The molecule has 1 aliphatic heterocycles. The quantitative estimate of drug-likeness (QED) is 0.195. The third-order valence-corrected chi connectivity index (χ3v) is 7.22. The summed E-state index contributed by atoms with van der Waals surface area (Å²) in [4.78, 5) is 26.7. The van der Waals surface area contributed by atoms with E-state index in [0.29, 0.717) is 11.1 Å². The summed E-state index contributed by atoms with van der Waals surface area (Å²) in [7, 11) is 0. The van der Waals surface area contributed by atoms with E-state index in [9.17, 15) is 32.5 Å². The van der Waals surface area contributed by atoms with Crippen LogP contribution in [0.25, 0.3) is 0 Å². The predicted octanol–water partition coefficient (Wildman–Crippen LogP) is 6.09. The van der Waals surface area contributed by atoms with Crippen molar-refractivity contribution < 1.29 is 31.7 Å². The molecule has 1 amide bonds. The summed E-state index contributed by atoms with van der Waals surface area (Å²) >= 11 is 0. The number of nitrogens with zero attached hydrogens (tertiary/aromatic N) is 3. The normalized spacial score (nSPS) is 18.5. The molecule has 1 saturated carbocycles. The Morgan fingerprint density at radius 1 is 0.846 bits per heavy atom. The first-order chi connectivity index (χ1) is 18.4. The summed E-state index contributed by atoms with van der Waals surface area (Å²) in [6, 6.07) is 19.6. The van der Waals surface area contributed by atoms with Crippen LogP contribution in [-0.2, 0) is 23.3 Å². The Labute approximate surface area is 220 Å². The molecule has 39 heavy (non-hydrogen) atoms.